The number of rotatable bonds is 3. The van der Waals surface area contributed by atoms with Gasteiger partial charge < -0.3 is 10.2 Å². The lowest BCUT2D eigenvalue weighted by atomic mass is 10.1. The summed E-state index contributed by atoms with van der Waals surface area (Å²) < 4.78 is 0.769. The van der Waals surface area contributed by atoms with E-state index in [4.69, 9.17) is 0 Å². The molecule has 2 N–H and O–H groups in total. The molecule has 1 aliphatic rings. The van der Waals surface area contributed by atoms with Crippen LogP contribution in [0.1, 0.15) is 10.4 Å². The minimum Gasteiger partial charge on any atom is -0.389 e. The molecule has 2 rings (SSSR count). The van der Waals surface area contributed by atoms with E-state index in [1.807, 2.05) is 18.2 Å². The van der Waals surface area contributed by atoms with Gasteiger partial charge in [0.25, 0.3) is 0 Å². The van der Waals surface area contributed by atoms with Crippen molar-refractivity contribution in [3.05, 3.63) is 34.3 Å². The second-order valence-corrected chi connectivity index (χ2v) is 5.09. The number of carbonyl (C=O) groups is 1. The van der Waals surface area contributed by atoms with Crippen LogP contribution in [0.15, 0.2) is 28.7 Å². The number of halogens is 1. The van der Waals surface area contributed by atoms with E-state index in [0.29, 0.717) is 18.7 Å². The Bertz CT molecular complexity index is 414. The quantitative estimate of drug-likeness (QED) is 0.806. The van der Waals surface area contributed by atoms with Gasteiger partial charge in [0.15, 0.2) is 5.78 Å². The molecule has 1 aliphatic heterocycles. The molecule has 2 atom stereocenters. The lowest BCUT2D eigenvalue weighted by molar-refractivity contribution is 0.0572. The first kappa shape index (κ1) is 12.7. The normalized spacial score (nSPS) is 25.1. The second kappa shape index (κ2) is 5.27. The molecule has 0 bridgehead atoms. The maximum Gasteiger partial charge on any atom is 0.177 e. The first-order chi connectivity index (χ1) is 8.08. The van der Waals surface area contributed by atoms with Crippen molar-refractivity contribution in [2.45, 2.75) is 12.2 Å². The molecular weight excluding hydrogens is 286 g/mol. The van der Waals surface area contributed by atoms with Crippen LogP contribution < -0.4 is 0 Å². The number of aliphatic hydroxyl groups is 2. The van der Waals surface area contributed by atoms with Crippen LogP contribution in [0.3, 0.4) is 0 Å². The van der Waals surface area contributed by atoms with Gasteiger partial charge in [0.1, 0.15) is 0 Å². The molecule has 1 saturated heterocycles. The summed E-state index contributed by atoms with van der Waals surface area (Å²) in [6, 6.07) is 7.24. The lowest BCUT2D eigenvalue weighted by Crippen LogP contribution is -2.29. The summed E-state index contributed by atoms with van der Waals surface area (Å²) >= 11 is 3.33. The summed E-state index contributed by atoms with van der Waals surface area (Å²) in [6.45, 7) is 0.908. The Morgan fingerprint density at radius 3 is 2.47 bits per heavy atom. The molecule has 5 heteroatoms. The van der Waals surface area contributed by atoms with Crippen LogP contribution in [0.25, 0.3) is 0 Å². The van der Waals surface area contributed by atoms with Crippen molar-refractivity contribution in [1.82, 2.24) is 4.90 Å². The Hall–Kier alpha value is -0.750. The average Bonchev–Trinajstić information content (AvgIpc) is 2.58. The molecule has 0 amide bonds. The summed E-state index contributed by atoms with van der Waals surface area (Å²) in [5.74, 6) is -0.0150. The zero-order valence-electron chi connectivity index (χ0n) is 9.21. The van der Waals surface area contributed by atoms with Crippen molar-refractivity contribution in [2.75, 3.05) is 19.6 Å². The zero-order valence-corrected chi connectivity index (χ0v) is 10.8. The number of hydrogen-bond donors (Lipinski definition) is 2. The molecule has 0 aromatic heterocycles. The lowest BCUT2D eigenvalue weighted by Gasteiger charge is -2.13. The topological polar surface area (TPSA) is 60.8 Å². The van der Waals surface area contributed by atoms with Crippen LogP contribution in [0.2, 0.25) is 0 Å². The maximum atomic E-state index is 12.0. The summed E-state index contributed by atoms with van der Waals surface area (Å²) in [4.78, 5) is 13.8. The molecule has 1 aromatic carbocycles. The predicted octanol–water partition coefficient (Wildman–Crippen LogP) is 0.669. The summed E-state index contributed by atoms with van der Waals surface area (Å²) in [7, 11) is 0. The number of likely N-dealkylation sites (tertiary alicyclic amines) is 1. The number of benzene rings is 1. The number of ketones is 1. The molecule has 1 fully saturated rings. The third-order valence-electron chi connectivity index (χ3n) is 2.88. The van der Waals surface area contributed by atoms with E-state index in [-0.39, 0.29) is 12.3 Å². The van der Waals surface area contributed by atoms with E-state index in [0.717, 1.165) is 4.47 Å². The summed E-state index contributed by atoms with van der Waals surface area (Å²) in [5.41, 5.74) is 0.628. The van der Waals surface area contributed by atoms with Gasteiger partial charge in [-0.05, 0) is 6.07 Å². The van der Waals surface area contributed by atoms with Crippen molar-refractivity contribution in [1.29, 1.82) is 0 Å². The highest BCUT2D eigenvalue weighted by molar-refractivity contribution is 9.10. The van der Waals surface area contributed by atoms with E-state index in [1.165, 1.54) is 0 Å². The number of aliphatic hydroxyl groups excluding tert-OH is 2. The molecule has 1 heterocycles. The Labute approximate surface area is 108 Å². The minimum atomic E-state index is -0.748. The Kier molecular flexibility index (Phi) is 3.93. The minimum absolute atomic E-state index is 0.0150. The Balaban J connectivity index is 2.01. The van der Waals surface area contributed by atoms with E-state index >= 15 is 0 Å². The SMILES string of the molecule is O=C(CN1CC(O)C(O)C1)c1ccccc1Br. The van der Waals surface area contributed by atoms with Crippen molar-refractivity contribution >= 4 is 21.7 Å². The van der Waals surface area contributed by atoms with Crippen molar-refractivity contribution in [3.8, 4) is 0 Å². The third-order valence-corrected chi connectivity index (χ3v) is 3.57. The monoisotopic (exact) mass is 299 g/mol. The van der Waals surface area contributed by atoms with Gasteiger partial charge in [-0.3, -0.25) is 9.69 Å². The van der Waals surface area contributed by atoms with Gasteiger partial charge in [0.2, 0.25) is 0 Å². The molecule has 92 valence electrons. The van der Waals surface area contributed by atoms with E-state index in [1.54, 1.807) is 11.0 Å². The van der Waals surface area contributed by atoms with Crippen LogP contribution in [0.4, 0.5) is 0 Å². The fraction of sp³-hybridized carbons (Fsp3) is 0.417. The van der Waals surface area contributed by atoms with E-state index in [9.17, 15) is 15.0 Å². The average molecular weight is 300 g/mol. The molecule has 0 aliphatic carbocycles. The first-order valence-electron chi connectivity index (χ1n) is 5.44. The van der Waals surface area contributed by atoms with Gasteiger partial charge >= 0.3 is 0 Å². The van der Waals surface area contributed by atoms with Crippen molar-refractivity contribution in [3.63, 3.8) is 0 Å². The van der Waals surface area contributed by atoms with Gasteiger partial charge in [-0.25, -0.2) is 0 Å². The number of Topliss-reactive ketones (excluding diaryl/α,β-unsaturated/α-hetero) is 1. The largest absolute Gasteiger partial charge is 0.389 e. The molecule has 0 radical (unpaired) electrons. The first-order valence-corrected chi connectivity index (χ1v) is 6.23. The van der Waals surface area contributed by atoms with Gasteiger partial charge in [-0.1, -0.05) is 34.1 Å². The molecule has 17 heavy (non-hydrogen) atoms. The van der Waals surface area contributed by atoms with Gasteiger partial charge in [-0.15, -0.1) is 0 Å². The van der Waals surface area contributed by atoms with Gasteiger partial charge in [0, 0.05) is 23.1 Å². The smallest absolute Gasteiger partial charge is 0.177 e. The molecule has 0 spiro atoms. The Morgan fingerprint density at radius 2 is 1.88 bits per heavy atom. The van der Waals surface area contributed by atoms with Gasteiger partial charge in [-0.2, -0.15) is 0 Å². The predicted molar refractivity (Wildman–Crippen MR) is 66.9 cm³/mol. The standard InChI is InChI=1S/C12H14BrNO3/c13-9-4-2-1-3-8(9)10(15)5-14-6-11(16)12(17)7-14/h1-4,11-12,16-17H,5-7H2. The van der Waals surface area contributed by atoms with Crippen LogP contribution in [0, 0.1) is 0 Å². The fourth-order valence-electron chi connectivity index (χ4n) is 1.95. The third kappa shape index (κ3) is 2.93. The van der Waals surface area contributed by atoms with Crippen LogP contribution in [-0.2, 0) is 0 Å². The van der Waals surface area contributed by atoms with Crippen LogP contribution in [-0.4, -0.2) is 52.7 Å². The number of β-amino-alcohol motifs (C(OH)–C–C–N with tert-alkyl or cyclic N) is 2. The van der Waals surface area contributed by atoms with Crippen molar-refractivity contribution in [2.24, 2.45) is 0 Å². The van der Waals surface area contributed by atoms with Crippen LogP contribution >= 0.6 is 15.9 Å². The molecule has 4 nitrogen and oxygen atoms in total. The summed E-state index contributed by atoms with van der Waals surface area (Å²) in [5, 5.41) is 18.8. The molecule has 0 saturated carbocycles. The highest BCUT2D eigenvalue weighted by atomic mass is 79.9. The number of hydrogen-bond acceptors (Lipinski definition) is 4. The summed E-state index contributed by atoms with van der Waals surface area (Å²) in [6.07, 6.45) is -1.50. The number of carbonyl (C=O) groups excluding carboxylic acids is 1. The van der Waals surface area contributed by atoms with E-state index in [2.05, 4.69) is 15.9 Å². The molecule has 2 unspecified atom stereocenters. The number of nitrogens with zero attached hydrogens (tertiary/aromatic N) is 1. The second-order valence-electron chi connectivity index (χ2n) is 4.23. The Morgan fingerprint density at radius 1 is 1.29 bits per heavy atom. The maximum absolute atomic E-state index is 12.0. The fourth-order valence-corrected chi connectivity index (χ4v) is 2.46. The highest BCUT2D eigenvalue weighted by Gasteiger charge is 2.30. The molecule has 1 aromatic rings. The van der Waals surface area contributed by atoms with E-state index < -0.39 is 12.2 Å². The highest BCUT2D eigenvalue weighted by Crippen LogP contribution is 2.18. The zero-order chi connectivity index (χ0) is 12.4. The van der Waals surface area contributed by atoms with Crippen LogP contribution in [0.5, 0.6) is 0 Å². The van der Waals surface area contributed by atoms with Crippen molar-refractivity contribution < 1.29 is 15.0 Å². The van der Waals surface area contributed by atoms with Gasteiger partial charge in [0.05, 0.1) is 18.8 Å². The molecular formula is C12H14BrNO3.